The van der Waals surface area contributed by atoms with Gasteiger partial charge < -0.3 is 14.2 Å². The van der Waals surface area contributed by atoms with Gasteiger partial charge in [-0.15, -0.1) is 0 Å². The summed E-state index contributed by atoms with van der Waals surface area (Å²) in [5, 5.41) is 0. The average molecular weight is 943 g/mol. The molecule has 0 aliphatic carbocycles. The Morgan fingerprint density at radius 1 is 0.309 bits per heavy atom. The van der Waals surface area contributed by atoms with E-state index in [9.17, 15) is 14.4 Å². The summed E-state index contributed by atoms with van der Waals surface area (Å²) < 4.78 is 16.8. The molecule has 1 unspecified atom stereocenters. The number of carbonyl (C=O) groups is 3. The second-order valence-corrected chi connectivity index (χ2v) is 18.1. The first-order chi connectivity index (χ1) is 33.5. The van der Waals surface area contributed by atoms with Crippen molar-refractivity contribution >= 4 is 17.9 Å². The molecule has 0 aromatic rings. The number of unbranched alkanes of at least 4 members (excludes halogenated alkanes) is 20. The van der Waals surface area contributed by atoms with Crippen molar-refractivity contribution in [1.29, 1.82) is 0 Å². The molecule has 68 heavy (non-hydrogen) atoms. The summed E-state index contributed by atoms with van der Waals surface area (Å²) in [5.41, 5.74) is 0. The lowest BCUT2D eigenvalue weighted by Crippen LogP contribution is -2.30. The average Bonchev–Trinajstić information content (AvgIpc) is 3.34. The monoisotopic (exact) mass is 943 g/mol. The zero-order valence-corrected chi connectivity index (χ0v) is 44.1. The number of carbonyl (C=O) groups excluding carboxylic acids is 3. The van der Waals surface area contributed by atoms with Crippen LogP contribution < -0.4 is 0 Å². The molecule has 0 heterocycles. The van der Waals surface area contributed by atoms with E-state index in [2.05, 4.69) is 124 Å². The molecule has 0 amide bonds. The first kappa shape index (κ1) is 64.1. The highest BCUT2D eigenvalue weighted by atomic mass is 16.6. The number of rotatable bonds is 49. The molecule has 0 aliphatic rings. The van der Waals surface area contributed by atoms with Crippen molar-refractivity contribution in [2.24, 2.45) is 0 Å². The fraction of sp³-hybridized carbons (Fsp3) is 0.661. The molecule has 386 valence electrons. The van der Waals surface area contributed by atoms with Gasteiger partial charge >= 0.3 is 17.9 Å². The Morgan fingerprint density at radius 2 is 0.603 bits per heavy atom. The first-order valence-electron chi connectivity index (χ1n) is 27.9. The third-order valence-corrected chi connectivity index (χ3v) is 11.5. The topological polar surface area (TPSA) is 78.9 Å². The standard InChI is InChI=1S/C62H102O6/c1-4-7-10-13-16-19-22-25-28-30-31-33-34-37-40-43-46-49-52-55-61(64)67-58-59(57-66-60(63)54-51-48-45-42-39-36-27-24-21-18-15-12-9-6-3)68-62(65)56-53-50-47-44-41-38-35-32-29-26-23-20-17-14-11-8-5-2/h7,9-10,12,16,18-19,21,25,27-28,31,33,36-37,40,46,49,59H,4-6,8,11,13-15,17,20,22-24,26,29-30,32,34-35,38-39,41-45,47-48,50-58H2,1-3H3/b10-7-,12-9-,19-16-,21-18-,28-25-,33-31-,36-27-,40-37-,49-46-. The lowest BCUT2D eigenvalue weighted by molar-refractivity contribution is -0.166. The fourth-order valence-corrected chi connectivity index (χ4v) is 7.42. The first-order valence-corrected chi connectivity index (χ1v) is 27.9. The van der Waals surface area contributed by atoms with Crippen LogP contribution in [0, 0.1) is 0 Å². The van der Waals surface area contributed by atoms with Crippen molar-refractivity contribution in [1.82, 2.24) is 0 Å². The molecule has 0 aliphatic heterocycles. The minimum atomic E-state index is -0.818. The van der Waals surface area contributed by atoms with Gasteiger partial charge in [0, 0.05) is 19.3 Å². The van der Waals surface area contributed by atoms with Crippen LogP contribution in [0.4, 0.5) is 0 Å². The molecule has 0 N–H and O–H groups in total. The number of allylic oxidation sites excluding steroid dienone is 18. The van der Waals surface area contributed by atoms with Gasteiger partial charge in [0.2, 0.25) is 0 Å². The molecule has 0 spiro atoms. The third kappa shape index (κ3) is 53.0. The molecule has 0 saturated carbocycles. The van der Waals surface area contributed by atoms with Crippen LogP contribution in [-0.4, -0.2) is 37.2 Å². The molecule has 1 atom stereocenters. The van der Waals surface area contributed by atoms with Crippen LogP contribution in [0.25, 0.3) is 0 Å². The Balaban J connectivity index is 4.52. The normalized spacial score (nSPS) is 12.9. The van der Waals surface area contributed by atoms with Crippen LogP contribution >= 0.6 is 0 Å². The second-order valence-electron chi connectivity index (χ2n) is 18.1. The Hall–Kier alpha value is -3.93. The summed E-state index contributed by atoms with van der Waals surface area (Å²) in [6, 6.07) is 0. The molecule has 0 rings (SSSR count). The van der Waals surface area contributed by atoms with Gasteiger partial charge in [0.25, 0.3) is 0 Å². The second kappa shape index (κ2) is 55.7. The van der Waals surface area contributed by atoms with Crippen molar-refractivity contribution < 1.29 is 28.6 Å². The van der Waals surface area contributed by atoms with Crippen LogP contribution in [-0.2, 0) is 28.6 Å². The van der Waals surface area contributed by atoms with E-state index < -0.39 is 6.10 Å². The summed E-state index contributed by atoms with van der Waals surface area (Å²) >= 11 is 0. The molecule has 6 nitrogen and oxygen atoms in total. The van der Waals surface area contributed by atoms with Crippen molar-refractivity contribution in [3.8, 4) is 0 Å². The SMILES string of the molecule is CC/C=C\C/C=C\C/C=C\C/C=C\C/C=C\C/C=C\CCC(=O)OCC(COC(=O)CCCCCC/C=C\C/C=C\C/C=C\CC)OC(=O)CCCCCCCCCCCCCCCCCCC. The van der Waals surface area contributed by atoms with Gasteiger partial charge in [-0.1, -0.05) is 246 Å². The fourth-order valence-electron chi connectivity index (χ4n) is 7.42. The molecule has 0 fully saturated rings. The number of hydrogen-bond donors (Lipinski definition) is 0. The lowest BCUT2D eigenvalue weighted by Gasteiger charge is -2.18. The highest BCUT2D eigenvalue weighted by Gasteiger charge is 2.19. The van der Waals surface area contributed by atoms with Gasteiger partial charge in [-0.2, -0.15) is 0 Å². The molecule has 0 saturated heterocycles. The van der Waals surface area contributed by atoms with Crippen LogP contribution in [0.5, 0.6) is 0 Å². The maximum absolute atomic E-state index is 12.8. The van der Waals surface area contributed by atoms with Crippen molar-refractivity contribution in [3.63, 3.8) is 0 Å². The largest absolute Gasteiger partial charge is 0.462 e. The third-order valence-electron chi connectivity index (χ3n) is 11.5. The van der Waals surface area contributed by atoms with Crippen molar-refractivity contribution in [2.75, 3.05) is 13.2 Å². The summed E-state index contributed by atoms with van der Waals surface area (Å²) in [4.78, 5) is 38.1. The Kier molecular flexibility index (Phi) is 52.4. The van der Waals surface area contributed by atoms with Crippen LogP contribution in [0.2, 0.25) is 0 Å². The quantitative estimate of drug-likeness (QED) is 0.0262. The number of hydrogen-bond acceptors (Lipinski definition) is 6. The van der Waals surface area contributed by atoms with E-state index in [1.807, 2.05) is 6.08 Å². The van der Waals surface area contributed by atoms with E-state index in [0.29, 0.717) is 19.3 Å². The minimum absolute atomic E-state index is 0.113. The molecule has 0 radical (unpaired) electrons. The van der Waals surface area contributed by atoms with Gasteiger partial charge in [-0.05, 0) is 89.9 Å². The minimum Gasteiger partial charge on any atom is -0.462 e. The predicted octanol–water partition coefficient (Wildman–Crippen LogP) is 18.7. The van der Waals surface area contributed by atoms with Crippen molar-refractivity contribution in [2.45, 2.75) is 252 Å². The summed E-state index contributed by atoms with van der Waals surface area (Å²) in [7, 11) is 0. The van der Waals surface area contributed by atoms with E-state index >= 15 is 0 Å². The van der Waals surface area contributed by atoms with E-state index in [0.717, 1.165) is 109 Å². The summed E-state index contributed by atoms with van der Waals surface area (Å²) in [5.74, 6) is -1.02. The maximum atomic E-state index is 12.8. The number of ether oxygens (including phenoxy) is 3. The van der Waals surface area contributed by atoms with E-state index in [1.165, 1.54) is 89.9 Å². The molecular formula is C62H102O6. The van der Waals surface area contributed by atoms with Crippen molar-refractivity contribution in [3.05, 3.63) is 109 Å². The molecule has 0 bridgehead atoms. The van der Waals surface area contributed by atoms with E-state index in [4.69, 9.17) is 14.2 Å². The maximum Gasteiger partial charge on any atom is 0.306 e. The molecule has 6 heteroatoms. The van der Waals surface area contributed by atoms with Gasteiger partial charge in [0.1, 0.15) is 13.2 Å². The summed E-state index contributed by atoms with van der Waals surface area (Å²) in [6.45, 7) is 6.33. The predicted molar refractivity (Wildman–Crippen MR) is 293 cm³/mol. The van der Waals surface area contributed by atoms with E-state index in [-0.39, 0.29) is 37.5 Å². The Morgan fingerprint density at radius 3 is 0.985 bits per heavy atom. The highest BCUT2D eigenvalue weighted by molar-refractivity contribution is 5.71. The summed E-state index contributed by atoms with van der Waals surface area (Å²) in [6.07, 6.45) is 75.2. The molecule has 0 aromatic heterocycles. The molecule has 0 aromatic carbocycles. The number of esters is 3. The smallest absolute Gasteiger partial charge is 0.306 e. The van der Waals surface area contributed by atoms with Crippen LogP contribution in [0.15, 0.2) is 109 Å². The van der Waals surface area contributed by atoms with Crippen LogP contribution in [0.1, 0.15) is 245 Å². The van der Waals surface area contributed by atoms with Gasteiger partial charge in [0.15, 0.2) is 6.10 Å². The van der Waals surface area contributed by atoms with Gasteiger partial charge in [-0.25, -0.2) is 0 Å². The lowest BCUT2D eigenvalue weighted by atomic mass is 10.0. The van der Waals surface area contributed by atoms with Crippen LogP contribution in [0.3, 0.4) is 0 Å². The Labute approximate surface area is 419 Å². The highest BCUT2D eigenvalue weighted by Crippen LogP contribution is 2.15. The van der Waals surface area contributed by atoms with Gasteiger partial charge in [-0.3, -0.25) is 14.4 Å². The van der Waals surface area contributed by atoms with Gasteiger partial charge in [0.05, 0.1) is 0 Å². The van der Waals surface area contributed by atoms with E-state index in [1.54, 1.807) is 0 Å². The Bertz CT molecular complexity index is 1410. The molecular weight excluding hydrogens is 841 g/mol. The zero-order chi connectivity index (χ0) is 49.3. The zero-order valence-electron chi connectivity index (χ0n) is 44.1.